The van der Waals surface area contributed by atoms with E-state index in [0.29, 0.717) is 22.6 Å². The summed E-state index contributed by atoms with van der Waals surface area (Å²) in [6.07, 6.45) is 5.93. The van der Waals surface area contributed by atoms with E-state index in [1.165, 1.54) is 12.8 Å². The van der Waals surface area contributed by atoms with E-state index < -0.39 is 0 Å². The van der Waals surface area contributed by atoms with Crippen LogP contribution in [0.3, 0.4) is 0 Å². The molecule has 1 aliphatic carbocycles. The van der Waals surface area contributed by atoms with Crippen molar-refractivity contribution in [1.82, 2.24) is 10.3 Å². The van der Waals surface area contributed by atoms with E-state index >= 15 is 0 Å². The van der Waals surface area contributed by atoms with Gasteiger partial charge in [0, 0.05) is 24.3 Å². The van der Waals surface area contributed by atoms with Crippen LogP contribution in [0.2, 0.25) is 5.02 Å². The van der Waals surface area contributed by atoms with Crippen LogP contribution in [-0.2, 0) is 6.54 Å². The van der Waals surface area contributed by atoms with E-state index in [9.17, 15) is 0 Å². The number of aromatic nitrogens is 1. The lowest BCUT2D eigenvalue weighted by atomic mass is 10.2. The average Bonchev–Trinajstić information content (AvgIpc) is 3.25. The SMILES string of the molecule is Clc1cccc(CNC2CC2)c1Oc1cccnc1. The smallest absolute Gasteiger partial charge is 0.150 e. The number of nitrogens with zero attached hydrogens (tertiary/aromatic N) is 1. The Morgan fingerprint density at radius 1 is 1.26 bits per heavy atom. The summed E-state index contributed by atoms with van der Waals surface area (Å²) in [6, 6.07) is 10.2. The fraction of sp³-hybridized carbons (Fsp3) is 0.267. The Bertz CT molecular complexity index is 555. The molecular weight excluding hydrogens is 260 g/mol. The van der Waals surface area contributed by atoms with Gasteiger partial charge in [0.15, 0.2) is 5.75 Å². The van der Waals surface area contributed by atoms with Crippen LogP contribution >= 0.6 is 11.6 Å². The van der Waals surface area contributed by atoms with Crippen LogP contribution in [0.5, 0.6) is 11.5 Å². The molecule has 0 spiro atoms. The van der Waals surface area contributed by atoms with Crippen LogP contribution < -0.4 is 10.1 Å². The average molecular weight is 275 g/mol. The van der Waals surface area contributed by atoms with E-state index in [1.807, 2.05) is 30.3 Å². The summed E-state index contributed by atoms with van der Waals surface area (Å²) in [5, 5.41) is 4.10. The molecule has 2 aromatic rings. The number of benzene rings is 1. The van der Waals surface area contributed by atoms with Crippen LogP contribution in [0.4, 0.5) is 0 Å². The topological polar surface area (TPSA) is 34.1 Å². The Morgan fingerprint density at radius 2 is 2.16 bits per heavy atom. The molecule has 0 radical (unpaired) electrons. The van der Waals surface area contributed by atoms with Gasteiger partial charge in [-0.05, 0) is 31.0 Å². The maximum atomic E-state index is 6.24. The second-order valence-corrected chi connectivity index (χ2v) is 5.08. The number of hydrogen-bond donors (Lipinski definition) is 1. The summed E-state index contributed by atoms with van der Waals surface area (Å²) < 4.78 is 5.86. The third kappa shape index (κ3) is 3.25. The maximum absolute atomic E-state index is 6.24. The van der Waals surface area contributed by atoms with Gasteiger partial charge < -0.3 is 10.1 Å². The molecule has 0 amide bonds. The van der Waals surface area contributed by atoms with Gasteiger partial charge in [-0.3, -0.25) is 4.98 Å². The van der Waals surface area contributed by atoms with Crippen molar-refractivity contribution in [1.29, 1.82) is 0 Å². The van der Waals surface area contributed by atoms with Crippen LogP contribution in [-0.4, -0.2) is 11.0 Å². The first-order valence-corrected chi connectivity index (χ1v) is 6.79. The zero-order valence-electron chi connectivity index (χ0n) is 10.5. The number of nitrogens with one attached hydrogen (secondary N) is 1. The summed E-state index contributed by atoms with van der Waals surface area (Å²) in [5.74, 6) is 1.41. The zero-order chi connectivity index (χ0) is 13.1. The Labute approximate surface area is 117 Å². The van der Waals surface area contributed by atoms with Crippen molar-refractivity contribution < 1.29 is 4.74 Å². The first-order chi connectivity index (χ1) is 9.33. The highest BCUT2D eigenvalue weighted by Gasteiger charge is 2.21. The maximum Gasteiger partial charge on any atom is 0.150 e. The van der Waals surface area contributed by atoms with Crippen molar-refractivity contribution in [2.24, 2.45) is 0 Å². The van der Waals surface area contributed by atoms with Crippen LogP contribution in [0.15, 0.2) is 42.7 Å². The molecule has 19 heavy (non-hydrogen) atoms. The lowest BCUT2D eigenvalue weighted by Crippen LogP contribution is -2.15. The van der Waals surface area contributed by atoms with Gasteiger partial charge in [-0.2, -0.15) is 0 Å². The van der Waals surface area contributed by atoms with E-state index in [4.69, 9.17) is 16.3 Å². The summed E-state index contributed by atoms with van der Waals surface area (Å²) >= 11 is 6.24. The molecule has 0 bridgehead atoms. The van der Waals surface area contributed by atoms with E-state index in [2.05, 4.69) is 10.3 Å². The molecule has 1 aliphatic rings. The molecular formula is C15H15ClN2O. The highest BCUT2D eigenvalue weighted by atomic mass is 35.5. The fourth-order valence-electron chi connectivity index (χ4n) is 1.87. The third-order valence-electron chi connectivity index (χ3n) is 3.06. The first kappa shape index (κ1) is 12.5. The molecule has 1 heterocycles. The minimum atomic E-state index is 0.624. The lowest BCUT2D eigenvalue weighted by molar-refractivity contribution is 0.470. The zero-order valence-corrected chi connectivity index (χ0v) is 11.2. The number of para-hydroxylation sites is 1. The molecule has 1 aromatic heterocycles. The van der Waals surface area contributed by atoms with Crippen molar-refractivity contribution in [2.45, 2.75) is 25.4 Å². The van der Waals surface area contributed by atoms with Gasteiger partial charge >= 0.3 is 0 Å². The van der Waals surface area contributed by atoms with Crippen LogP contribution in [0.1, 0.15) is 18.4 Å². The van der Waals surface area contributed by atoms with Gasteiger partial charge in [-0.25, -0.2) is 0 Å². The number of ether oxygens (including phenoxy) is 1. The van der Waals surface area contributed by atoms with Gasteiger partial charge in [0.25, 0.3) is 0 Å². The molecule has 4 heteroatoms. The minimum absolute atomic E-state index is 0.624. The van der Waals surface area contributed by atoms with Crippen molar-refractivity contribution in [3.05, 3.63) is 53.3 Å². The van der Waals surface area contributed by atoms with Crippen molar-refractivity contribution in [3.63, 3.8) is 0 Å². The quantitative estimate of drug-likeness (QED) is 0.901. The number of pyridine rings is 1. The summed E-state index contributed by atoms with van der Waals surface area (Å²) in [4.78, 5) is 4.04. The van der Waals surface area contributed by atoms with Crippen molar-refractivity contribution >= 4 is 11.6 Å². The summed E-state index contributed by atoms with van der Waals surface area (Å²) in [6.45, 7) is 0.779. The van der Waals surface area contributed by atoms with Crippen molar-refractivity contribution in [3.8, 4) is 11.5 Å². The van der Waals surface area contributed by atoms with Gasteiger partial charge in [0.2, 0.25) is 0 Å². The molecule has 3 nitrogen and oxygen atoms in total. The standard InChI is InChI=1S/C15H15ClN2O/c16-14-5-1-3-11(9-18-12-6-7-12)15(14)19-13-4-2-8-17-10-13/h1-5,8,10,12,18H,6-7,9H2. The third-order valence-corrected chi connectivity index (χ3v) is 3.36. The molecule has 0 aliphatic heterocycles. The highest BCUT2D eigenvalue weighted by molar-refractivity contribution is 6.32. The Kier molecular flexibility index (Phi) is 3.67. The molecule has 98 valence electrons. The van der Waals surface area contributed by atoms with Gasteiger partial charge in [0.1, 0.15) is 5.75 Å². The second kappa shape index (κ2) is 5.59. The Hall–Kier alpha value is -1.58. The van der Waals surface area contributed by atoms with E-state index in [0.717, 1.165) is 12.1 Å². The van der Waals surface area contributed by atoms with Crippen molar-refractivity contribution in [2.75, 3.05) is 0 Å². The van der Waals surface area contributed by atoms with Gasteiger partial charge in [-0.1, -0.05) is 23.7 Å². The van der Waals surface area contributed by atoms with Crippen LogP contribution in [0.25, 0.3) is 0 Å². The highest BCUT2D eigenvalue weighted by Crippen LogP contribution is 2.33. The monoisotopic (exact) mass is 274 g/mol. The lowest BCUT2D eigenvalue weighted by Gasteiger charge is -2.13. The number of hydrogen-bond acceptors (Lipinski definition) is 3. The van der Waals surface area contributed by atoms with Gasteiger partial charge in [-0.15, -0.1) is 0 Å². The van der Waals surface area contributed by atoms with E-state index in [1.54, 1.807) is 12.4 Å². The van der Waals surface area contributed by atoms with Gasteiger partial charge in [0.05, 0.1) is 11.2 Å². The Balaban J connectivity index is 1.81. The predicted molar refractivity (Wildman–Crippen MR) is 75.6 cm³/mol. The van der Waals surface area contributed by atoms with Crippen LogP contribution in [0, 0.1) is 0 Å². The molecule has 0 atom stereocenters. The van der Waals surface area contributed by atoms with E-state index in [-0.39, 0.29) is 0 Å². The summed E-state index contributed by atoms with van der Waals surface area (Å²) in [7, 11) is 0. The predicted octanol–water partition coefficient (Wildman–Crippen LogP) is 3.78. The largest absolute Gasteiger partial charge is 0.454 e. The number of halogens is 1. The second-order valence-electron chi connectivity index (χ2n) is 4.67. The normalized spacial score (nSPS) is 14.4. The molecule has 1 fully saturated rings. The Morgan fingerprint density at radius 3 is 2.89 bits per heavy atom. The first-order valence-electron chi connectivity index (χ1n) is 6.41. The number of rotatable bonds is 5. The molecule has 0 unspecified atom stereocenters. The molecule has 3 rings (SSSR count). The molecule has 0 saturated heterocycles. The molecule has 1 saturated carbocycles. The molecule has 1 N–H and O–H groups in total. The molecule has 1 aromatic carbocycles. The fourth-order valence-corrected chi connectivity index (χ4v) is 2.11. The minimum Gasteiger partial charge on any atom is -0.454 e. The summed E-state index contributed by atoms with van der Waals surface area (Å²) in [5.41, 5.74) is 1.07.